The Balaban J connectivity index is 2.04. The summed E-state index contributed by atoms with van der Waals surface area (Å²) in [5, 5.41) is 1.32. The molecule has 1 saturated carbocycles. The summed E-state index contributed by atoms with van der Waals surface area (Å²) < 4.78 is 5.93. The molecule has 0 heterocycles. The van der Waals surface area contributed by atoms with Gasteiger partial charge in [-0.3, -0.25) is 0 Å². The van der Waals surface area contributed by atoms with Crippen LogP contribution in [0.2, 0.25) is 10.0 Å². The Hall–Kier alpha value is -0.400. The highest BCUT2D eigenvalue weighted by Crippen LogP contribution is 2.31. The van der Waals surface area contributed by atoms with Crippen LogP contribution in [0.15, 0.2) is 18.2 Å². The van der Waals surface area contributed by atoms with Crippen molar-refractivity contribution in [1.29, 1.82) is 0 Å². The summed E-state index contributed by atoms with van der Waals surface area (Å²) in [7, 11) is 0. The van der Waals surface area contributed by atoms with Gasteiger partial charge in [-0.2, -0.15) is 0 Å². The average molecular weight is 259 g/mol. The molecule has 1 aliphatic rings. The van der Waals surface area contributed by atoms with Gasteiger partial charge in [0, 0.05) is 11.1 Å². The maximum absolute atomic E-state index is 6.07. The second kappa shape index (κ2) is 5.79. The molecule has 0 spiro atoms. The van der Waals surface area contributed by atoms with Crippen molar-refractivity contribution < 1.29 is 4.74 Å². The van der Waals surface area contributed by atoms with Crippen molar-refractivity contribution in [3.8, 4) is 5.75 Å². The third-order valence-electron chi connectivity index (χ3n) is 2.99. The van der Waals surface area contributed by atoms with Crippen LogP contribution >= 0.6 is 23.2 Å². The molecule has 1 aromatic carbocycles. The van der Waals surface area contributed by atoms with Crippen LogP contribution in [0.4, 0.5) is 0 Å². The van der Waals surface area contributed by atoms with E-state index < -0.39 is 0 Å². The molecule has 1 nitrogen and oxygen atoms in total. The van der Waals surface area contributed by atoms with Crippen molar-refractivity contribution in [3.63, 3.8) is 0 Å². The molecule has 2 rings (SSSR count). The number of benzene rings is 1. The molecule has 0 N–H and O–H groups in total. The molecule has 0 unspecified atom stereocenters. The van der Waals surface area contributed by atoms with Crippen molar-refractivity contribution in [2.24, 2.45) is 0 Å². The predicted octanol–water partition coefficient (Wildman–Crippen LogP) is 5.10. The van der Waals surface area contributed by atoms with E-state index in [4.69, 9.17) is 27.9 Å². The molecule has 3 heteroatoms. The molecule has 1 aliphatic carbocycles. The standard InChI is InChI=1S/C13H16Cl2O/c14-10-7-8-12(15)13(9-10)16-11-5-3-1-2-4-6-11/h7-9,11H,1-6H2. The fraction of sp³-hybridized carbons (Fsp3) is 0.538. The highest BCUT2D eigenvalue weighted by molar-refractivity contribution is 6.34. The monoisotopic (exact) mass is 258 g/mol. The summed E-state index contributed by atoms with van der Waals surface area (Å²) in [6, 6.07) is 5.37. The van der Waals surface area contributed by atoms with Gasteiger partial charge in [-0.15, -0.1) is 0 Å². The average Bonchev–Trinajstić information content (AvgIpc) is 2.52. The van der Waals surface area contributed by atoms with E-state index in [2.05, 4.69) is 0 Å². The van der Waals surface area contributed by atoms with Crippen molar-refractivity contribution in [1.82, 2.24) is 0 Å². The Bertz CT molecular complexity index is 344. The number of ether oxygens (including phenoxy) is 1. The van der Waals surface area contributed by atoms with Gasteiger partial charge in [-0.1, -0.05) is 36.0 Å². The van der Waals surface area contributed by atoms with Gasteiger partial charge in [0.15, 0.2) is 0 Å². The summed E-state index contributed by atoms with van der Waals surface area (Å²) >= 11 is 12.0. The van der Waals surface area contributed by atoms with Gasteiger partial charge in [-0.25, -0.2) is 0 Å². The lowest BCUT2D eigenvalue weighted by Crippen LogP contribution is -2.15. The molecular weight excluding hydrogens is 243 g/mol. The fourth-order valence-corrected chi connectivity index (χ4v) is 2.43. The van der Waals surface area contributed by atoms with E-state index in [0.717, 1.165) is 18.6 Å². The molecule has 1 fully saturated rings. The number of hydrogen-bond donors (Lipinski definition) is 0. The number of rotatable bonds is 2. The molecule has 0 atom stereocenters. The minimum atomic E-state index is 0.304. The smallest absolute Gasteiger partial charge is 0.139 e. The number of hydrogen-bond acceptors (Lipinski definition) is 1. The minimum Gasteiger partial charge on any atom is -0.489 e. The van der Waals surface area contributed by atoms with Gasteiger partial charge >= 0.3 is 0 Å². The van der Waals surface area contributed by atoms with Crippen LogP contribution in [0.3, 0.4) is 0 Å². The Morgan fingerprint density at radius 2 is 1.69 bits per heavy atom. The summed E-state index contributed by atoms with van der Waals surface area (Å²) in [6.45, 7) is 0. The van der Waals surface area contributed by atoms with Crippen LogP contribution < -0.4 is 4.74 Å². The molecule has 88 valence electrons. The summed E-state index contributed by atoms with van der Waals surface area (Å²) in [5.41, 5.74) is 0. The van der Waals surface area contributed by atoms with Crippen LogP contribution in [0.25, 0.3) is 0 Å². The zero-order chi connectivity index (χ0) is 11.4. The van der Waals surface area contributed by atoms with Gasteiger partial charge in [0.25, 0.3) is 0 Å². The maximum atomic E-state index is 6.07. The first-order valence-electron chi connectivity index (χ1n) is 5.87. The molecular formula is C13H16Cl2O. The van der Waals surface area contributed by atoms with Gasteiger partial charge in [0.05, 0.1) is 11.1 Å². The Morgan fingerprint density at radius 1 is 1.00 bits per heavy atom. The largest absolute Gasteiger partial charge is 0.489 e. The molecule has 0 bridgehead atoms. The van der Waals surface area contributed by atoms with Gasteiger partial charge in [0.2, 0.25) is 0 Å². The second-order valence-corrected chi connectivity index (χ2v) is 5.15. The Morgan fingerprint density at radius 3 is 2.38 bits per heavy atom. The zero-order valence-electron chi connectivity index (χ0n) is 9.22. The molecule has 0 aliphatic heterocycles. The molecule has 0 radical (unpaired) electrons. The van der Waals surface area contributed by atoms with E-state index in [0.29, 0.717) is 16.1 Å². The SMILES string of the molecule is Clc1ccc(Cl)c(OC2CCCCCC2)c1. The highest BCUT2D eigenvalue weighted by atomic mass is 35.5. The summed E-state index contributed by atoms with van der Waals surface area (Å²) in [5.74, 6) is 0.723. The Labute approximate surface area is 107 Å². The van der Waals surface area contributed by atoms with Crippen molar-refractivity contribution in [2.45, 2.75) is 44.6 Å². The number of halogens is 2. The van der Waals surface area contributed by atoms with Crippen LogP contribution in [0.1, 0.15) is 38.5 Å². The maximum Gasteiger partial charge on any atom is 0.139 e. The lowest BCUT2D eigenvalue weighted by molar-refractivity contribution is 0.184. The van der Waals surface area contributed by atoms with Crippen LogP contribution in [0, 0.1) is 0 Å². The molecule has 0 saturated heterocycles. The fourth-order valence-electron chi connectivity index (χ4n) is 2.11. The molecule has 1 aromatic rings. The van der Waals surface area contributed by atoms with E-state index >= 15 is 0 Å². The van der Waals surface area contributed by atoms with Crippen molar-refractivity contribution in [3.05, 3.63) is 28.2 Å². The van der Waals surface area contributed by atoms with E-state index in [1.54, 1.807) is 18.2 Å². The first-order valence-corrected chi connectivity index (χ1v) is 6.63. The predicted molar refractivity (Wildman–Crippen MR) is 68.6 cm³/mol. The minimum absolute atomic E-state index is 0.304. The van der Waals surface area contributed by atoms with Crippen LogP contribution in [-0.2, 0) is 0 Å². The zero-order valence-corrected chi connectivity index (χ0v) is 10.7. The first kappa shape index (κ1) is 12.1. The van der Waals surface area contributed by atoms with Crippen LogP contribution in [0.5, 0.6) is 5.75 Å². The summed E-state index contributed by atoms with van der Waals surface area (Å²) in [4.78, 5) is 0. The molecule has 16 heavy (non-hydrogen) atoms. The van der Waals surface area contributed by atoms with Gasteiger partial charge in [-0.05, 0) is 37.8 Å². The topological polar surface area (TPSA) is 9.23 Å². The van der Waals surface area contributed by atoms with E-state index in [-0.39, 0.29) is 0 Å². The third-order valence-corrected chi connectivity index (χ3v) is 3.54. The van der Waals surface area contributed by atoms with E-state index in [1.807, 2.05) is 0 Å². The van der Waals surface area contributed by atoms with Gasteiger partial charge < -0.3 is 4.74 Å². The highest BCUT2D eigenvalue weighted by Gasteiger charge is 2.15. The van der Waals surface area contributed by atoms with Crippen molar-refractivity contribution >= 4 is 23.2 Å². The van der Waals surface area contributed by atoms with Crippen LogP contribution in [-0.4, -0.2) is 6.10 Å². The van der Waals surface area contributed by atoms with E-state index in [9.17, 15) is 0 Å². The van der Waals surface area contributed by atoms with Crippen molar-refractivity contribution in [2.75, 3.05) is 0 Å². The van der Waals surface area contributed by atoms with E-state index in [1.165, 1.54) is 25.7 Å². The lowest BCUT2D eigenvalue weighted by atomic mass is 10.1. The first-order chi connectivity index (χ1) is 7.75. The quantitative estimate of drug-likeness (QED) is 0.672. The second-order valence-electron chi connectivity index (χ2n) is 4.31. The normalized spacial score (nSPS) is 18.1. The van der Waals surface area contributed by atoms with Gasteiger partial charge in [0.1, 0.15) is 5.75 Å². The lowest BCUT2D eigenvalue weighted by Gasteiger charge is -2.17. The Kier molecular flexibility index (Phi) is 4.37. The summed E-state index contributed by atoms with van der Waals surface area (Å²) in [6.07, 6.45) is 7.71. The third kappa shape index (κ3) is 3.29. The molecule has 0 amide bonds. The molecule has 0 aromatic heterocycles.